The Labute approximate surface area is 91.3 Å². The van der Waals surface area contributed by atoms with Crippen molar-refractivity contribution in [3.8, 4) is 0 Å². The van der Waals surface area contributed by atoms with Crippen LogP contribution in [0.25, 0.3) is 0 Å². The van der Waals surface area contributed by atoms with E-state index in [1.807, 2.05) is 11.8 Å². The first kappa shape index (κ1) is 11.6. The van der Waals surface area contributed by atoms with Gasteiger partial charge in [-0.25, -0.2) is 0 Å². The van der Waals surface area contributed by atoms with E-state index in [1.54, 1.807) is 0 Å². The van der Waals surface area contributed by atoms with Gasteiger partial charge in [0.2, 0.25) is 0 Å². The number of nitrogens with one attached hydrogen (secondary N) is 1. The van der Waals surface area contributed by atoms with Crippen LogP contribution in [0.5, 0.6) is 0 Å². The largest absolute Gasteiger partial charge is 0.310 e. The van der Waals surface area contributed by atoms with E-state index in [0.717, 1.165) is 12.3 Å². The summed E-state index contributed by atoms with van der Waals surface area (Å²) in [6.45, 7) is 7.55. The molecule has 0 saturated carbocycles. The van der Waals surface area contributed by atoms with Gasteiger partial charge in [-0.1, -0.05) is 26.0 Å². The molecule has 0 bridgehead atoms. The predicted molar refractivity (Wildman–Crippen MR) is 64.9 cm³/mol. The topological polar surface area (TPSA) is 12.0 Å². The SMILES string of the molecule is CCNC(C)c1cccc(SCC)c1. The second kappa shape index (κ2) is 6.10. The summed E-state index contributed by atoms with van der Waals surface area (Å²) in [5.74, 6) is 1.14. The van der Waals surface area contributed by atoms with Crippen molar-refractivity contribution in [1.29, 1.82) is 0 Å². The summed E-state index contributed by atoms with van der Waals surface area (Å²) in [5.41, 5.74) is 1.38. The molecule has 1 atom stereocenters. The van der Waals surface area contributed by atoms with Gasteiger partial charge in [0.15, 0.2) is 0 Å². The van der Waals surface area contributed by atoms with Gasteiger partial charge in [0.1, 0.15) is 0 Å². The maximum absolute atomic E-state index is 3.42. The van der Waals surface area contributed by atoms with Crippen LogP contribution >= 0.6 is 11.8 Å². The van der Waals surface area contributed by atoms with Gasteiger partial charge in [-0.3, -0.25) is 0 Å². The zero-order valence-corrected chi connectivity index (χ0v) is 10.0. The fourth-order valence-electron chi connectivity index (χ4n) is 1.46. The van der Waals surface area contributed by atoms with Crippen LogP contribution in [-0.4, -0.2) is 12.3 Å². The van der Waals surface area contributed by atoms with Crippen LogP contribution in [0.2, 0.25) is 0 Å². The molecule has 0 aliphatic heterocycles. The maximum atomic E-state index is 3.42. The minimum atomic E-state index is 0.456. The van der Waals surface area contributed by atoms with Gasteiger partial charge in [0, 0.05) is 10.9 Å². The Bertz CT molecular complexity index is 273. The summed E-state index contributed by atoms with van der Waals surface area (Å²) in [6, 6.07) is 9.24. The van der Waals surface area contributed by atoms with Crippen molar-refractivity contribution < 1.29 is 0 Å². The van der Waals surface area contributed by atoms with Gasteiger partial charge >= 0.3 is 0 Å². The van der Waals surface area contributed by atoms with E-state index in [-0.39, 0.29) is 0 Å². The van der Waals surface area contributed by atoms with Gasteiger partial charge in [-0.05, 0) is 36.9 Å². The third-order valence-electron chi connectivity index (χ3n) is 2.18. The van der Waals surface area contributed by atoms with Crippen molar-refractivity contribution >= 4 is 11.8 Å². The molecule has 0 aliphatic rings. The van der Waals surface area contributed by atoms with E-state index in [2.05, 4.69) is 50.4 Å². The summed E-state index contributed by atoms with van der Waals surface area (Å²) in [5, 5.41) is 3.42. The molecule has 0 heterocycles. The summed E-state index contributed by atoms with van der Waals surface area (Å²) < 4.78 is 0. The Morgan fingerprint density at radius 2 is 2.14 bits per heavy atom. The second-order valence-corrected chi connectivity index (χ2v) is 4.62. The fourth-order valence-corrected chi connectivity index (χ4v) is 2.19. The lowest BCUT2D eigenvalue weighted by molar-refractivity contribution is 0.597. The highest BCUT2D eigenvalue weighted by Gasteiger charge is 2.03. The Kier molecular flexibility index (Phi) is 5.05. The Morgan fingerprint density at radius 1 is 1.36 bits per heavy atom. The molecule has 0 aliphatic carbocycles. The molecule has 1 N–H and O–H groups in total. The number of hydrogen-bond acceptors (Lipinski definition) is 2. The first-order chi connectivity index (χ1) is 6.77. The average molecular weight is 209 g/mol. The Morgan fingerprint density at radius 3 is 2.79 bits per heavy atom. The molecule has 14 heavy (non-hydrogen) atoms. The molecule has 0 fully saturated rings. The van der Waals surface area contributed by atoms with E-state index < -0.39 is 0 Å². The normalized spacial score (nSPS) is 12.8. The van der Waals surface area contributed by atoms with Crippen LogP contribution in [0, 0.1) is 0 Å². The monoisotopic (exact) mass is 209 g/mol. The summed E-state index contributed by atoms with van der Waals surface area (Å²) in [4.78, 5) is 1.37. The van der Waals surface area contributed by atoms with Crippen molar-refractivity contribution in [2.75, 3.05) is 12.3 Å². The zero-order chi connectivity index (χ0) is 10.4. The molecule has 1 aromatic rings. The standard InChI is InChI=1S/C12H19NS/c1-4-13-10(3)11-7-6-8-12(9-11)14-5-2/h6-10,13H,4-5H2,1-3H3. The van der Waals surface area contributed by atoms with Crippen LogP contribution in [0.15, 0.2) is 29.2 Å². The summed E-state index contributed by atoms with van der Waals surface area (Å²) >= 11 is 1.90. The van der Waals surface area contributed by atoms with Crippen molar-refractivity contribution in [2.24, 2.45) is 0 Å². The van der Waals surface area contributed by atoms with Crippen molar-refractivity contribution in [3.63, 3.8) is 0 Å². The first-order valence-corrected chi connectivity index (χ1v) is 6.22. The number of benzene rings is 1. The lowest BCUT2D eigenvalue weighted by Crippen LogP contribution is -2.17. The van der Waals surface area contributed by atoms with Crippen LogP contribution in [-0.2, 0) is 0 Å². The third kappa shape index (κ3) is 3.35. The molecule has 78 valence electrons. The van der Waals surface area contributed by atoms with E-state index in [4.69, 9.17) is 0 Å². The molecule has 0 spiro atoms. The summed E-state index contributed by atoms with van der Waals surface area (Å²) in [7, 11) is 0. The molecule has 2 heteroatoms. The van der Waals surface area contributed by atoms with Gasteiger partial charge < -0.3 is 5.32 Å². The highest BCUT2D eigenvalue weighted by molar-refractivity contribution is 7.99. The molecule has 1 nitrogen and oxygen atoms in total. The number of thioether (sulfide) groups is 1. The molecular weight excluding hydrogens is 190 g/mol. The van der Waals surface area contributed by atoms with Gasteiger partial charge in [-0.2, -0.15) is 0 Å². The average Bonchev–Trinajstić information content (AvgIpc) is 2.19. The van der Waals surface area contributed by atoms with Crippen molar-refractivity contribution in [1.82, 2.24) is 5.32 Å². The van der Waals surface area contributed by atoms with Crippen molar-refractivity contribution in [2.45, 2.75) is 31.7 Å². The van der Waals surface area contributed by atoms with Crippen LogP contribution in [0.1, 0.15) is 32.4 Å². The van der Waals surface area contributed by atoms with Crippen LogP contribution < -0.4 is 5.32 Å². The molecule has 0 aromatic heterocycles. The van der Waals surface area contributed by atoms with Crippen LogP contribution in [0.3, 0.4) is 0 Å². The number of rotatable bonds is 5. The smallest absolute Gasteiger partial charge is 0.0292 e. The lowest BCUT2D eigenvalue weighted by Gasteiger charge is -2.13. The lowest BCUT2D eigenvalue weighted by atomic mass is 10.1. The molecular formula is C12H19NS. The minimum absolute atomic E-state index is 0.456. The van der Waals surface area contributed by atoms with Crippen molar-refractivity contribution in [3.05, 3.63) is 29.8 Å². The first-order valence-electron chi connectivity index (χ1n) is 5.24. The third-order valence-corrected chi connectivity index (χ3v) is 3.06. The van der Waals surface area contributed by atoms with Gasteiger partial charge in [0.25, 0.3) is 0 Å². The van der Waals surface area contributed by atoms with E-state index in [0.29, 0.717) is 6.04 Å². The molecule has 1 unspecified atom stereocenters. The highest BCUT2D eigenvalue weighted by Crippen LogP contribution is 2.21. The van der Waals surface area contributed by atoms with E-state index in [9.17, 15) is 0 Å². The Hall–Kier alpha value is -0.470. The van der Waals surface area contributed by atoms with Crippen LogP contribution in [0.4, 0.5) is 0 Å². The second-order valence-electron chi connectivity index (χ2n) is 3.28. The molecule has 0 amide bonds. The summed E-state index contributed by atoms with van der Waals surface area (Å²) in [6.07, 6.45) is 0. The minimum Gasteiger partial charge on any atom is -0.310 e. The van der Waals surface area contributed by atoms with Gasteiger partial charge in [0.05, 0.1) is 0 Å². The molecule has 1 rings (SSSR count). The van der Waals surface area contributed by atoms with Gasteiger partial charge in [-0.15, -0.1) is 11.8 Å². The fraction of sp³-hybridized carbons (Fsp3) is 0.500. The molecule has 1 aromatic carbocycles. The highest BCUT2D eigenvalue weighted by atomic mass is 32.2. The maximum Gasteiger partial charge on any atom is 0.0292 e. The van der Waals surface area contributed by atoms with E-state index in [1.165, 1.54) is 10.5 Å². The number of hydrogen-bond donors (Lipinski definition) is 1. The predicted octanol–water partition coefficient (Wildman–Crippen LogP) is 3.47. The molecule has 0 saturated heterocycles. The molecule has 0 radical (unpaired) electrons. The Balaban J connectivity index is 2.71. The van der Waals surface area contributed by atoms with E-state index >= 15 is 0 Å². The zero-order valence-electron chi connectivity index (χ0n) is 9.21. The quantitative estimate of drug-likeness (QED) is 0.745.